The molecule has 1 aromatic carbocycles. The van der Waals surface area contributed by atoms with E-state index in [1.165, 1.54) is 18.9 Å². The predicted molar refractivity (Wildman–Crippen MR) is 99.6 cm³/mol. The van der Waals surface area contributed by atoms with Gasteiger partial charge < -0.3 is 9.42 Å². The minimum atomic E-state index is -0.194. The van der Waals surface area contributed by atoms with Crippen LogP contribution in [0.15, 0.2) is 28.8 Å². The molecular weight excluding hydrogens is 365 g/mol. The zero-order valence-corrected chi connectivity index (χ0v) is 15.7. The van der Waals surface area contributed by atoms with Crippen molar-refractivity contribution in [1.29, 1.82) is 0 Å². The van der Waals surface area contributed by atoms with Crippen LogP contribution in [0.5, 0.6) is 0 Å². The van der Waals surface area contributed by atoms with Gasteiger partial charge in [0.2, 0.25) is 11.0 Å². The van der Waals surface area contributed by atoms with Crippen molar-refractivity contribution in [2.45, 2.75) is 43.9 Å². The van der Waals surface area contributed by atoms with Crippen molar-refractivity contribution in [3.63, 3.8) is 0 Å². The maximum Gasteiger partial charge on any atom is 0.229 e. The summed E-state index contributed by atoms with van der Waals surface area (Å²) in [6.07, 6.45) is 4.78. The van der Waals surface area contributed by atoms with E-state index in [2.05, 4.69) is 25.2 Å². The first-order valence-electron chi connectivity index (χ1n) is 9.40. The third-order valence-corrected chi connectivity index (χ3v) is 6.25. The lowest BCUT2D eigenvalue weighted by molar-refractivity contribution is 0.365. The molecule has 6 nitrogen and oxygen atoms in total. The Morgan fingerprint density at radius 1 is 1.07 bits per heavy atom. The van der Waals surface area contributed by atoms with Crippen molar-refractivity contribution in [3.05, 3.63) is 52.4 Å². The van der Waals surface area contributed by atoms with Crippen LogP contribution in [0.4, 0.5) is 9.52 Å². The first-order chi connectivity index (χ1) is 13.3. The van der Waals surface area contributed by atoms with E-state index in [1.54, 1.807) is 23.5 Å². The Kier molecular flexibility index (Phi) is 4.35. The second kappa shape index (κ2) is 6.99. The van der Waals surface area contributed by atoms with Gasteiger partial charge in [0, 0.05) is 31.3 Å². The molecular formula is C19H20FN5OS. The monoisotopic (exact) mass is 385 g/mol. The number of hydrogen-bond donors (Lipinski definition) is 0. The fraction of sp³-hybridized carbons (Fsp3) is 0.474. The van der Waals surface area contributed by atoms with Crippen LogP contribution < -0.4 is 4.90 Å². The molecule has 0 radical (unpaired) electrons. The Labute approximate surface area is 160 Å². The normalized spacial score (nSPS) is 18.2. The molecule has 1 saturated heterocycles. The number of aromatic nitrogens is 4. The Balaban J connectivity index is 1.21. The van der Waals surface area contributed by atoms with Gasteiger partial charge in [0.1, 0.15) is 10.8 Å². The van der Waals surface area contributed by atoms with Crippen LogP contribution >= 0.6 is 11.3 Å². The van der Waals surface area contributed by atoms with Gasteiger partial charge in [-0.25, -0.2) is 4.39 Å². The quantitative estimate of drug-likeness (QED) is 0.663. The summed E-state index contributed by atoms with van der Waals surface area (Å²) in [7, 11) is 0. The van der Waals surface area contributed by atoms with Gasteiger partial charge >= 0.3 is 0 Å². The van der Waals surface area contributed by atoms with Crippen molar-refractivity contribution >= 4 is 16.5 Å². The molecule has 1 aliphatic heterocycles. The second-order valence-corrected chi connectivity index (χ2v) is 8.31. The summed E-state index contributed by atoms with van der Waals surface area (Å²) < 4.78 is 19.2. The summed E-state index contributed by atoms with van der Waals surface area (Å²) in [6.45, 7) is 1.79. The SMILES string of the molecule is Fc1ccccc1Cc1nnc(N2CCC(c3noc(C4CC4)n3)CC2)s1. The van der Waals surface area contributed by atoms with Crippen LogP contribution in [-0.4, -0.2) is 33.4 Å². The summed E-state index contributed by atoms with van der Waals surface area (Å²) in [4.78, 5) is 6.85. The highest BCUT2D eigenvalue weighted by Gasteiger charge is 2.32. The summed E-state index contributed by atoms with van der Waals surface area (Å²) in [5.41, 5.74) is 0.655. The lowest BCUT2D eigenvalue weighted by Crippen LogP contribution is -2.33. The molecule has 0 bridgehead atoms. The van der Waals surface area contributed by atoms with Crippen LogP contribution in [0.3, 0.4) is 0 Å². The standard InChI is InChI=1S/C19H20FN5OS/c20-15-4-2-1-3-14(15)11-16-22-23-19(27-16)25-9-7-12(8-10-25)17-21-18(26-24-17)13-5-6-13/h1-4,12-13H,5-11H2. The smallest absolute Gasteiger partial charge is 0.229 e. The molecule has 8 heteroatoms. The largest absolute Gasteiger partial charge is 0.347 e. The maximum atomic E-state index is 13.8. The molecule has 2 aromatic heterocycles. The van der Waals surface area contributed by atoms with E-state index in [9.17, 15) is 4.39 Å². The van der Waals surface area contributed by atoms with Crippen molar-refractivity contribution < 1.29 is 8.91 Å². The molecule has 2 fully saturated rings. The molecule has 2 aliphatic rings. The first-order valence-corrected chi connectivity index (χ1v) is 10.2. The van der Waals surface area contributed by atoms with E-state index >= 15 is 0 Å². The van der Waals surface area contributed by atoms with E-state index in [0.717, 1.165) is 47.8 Å². The molecule has 1 saturated carbocycles. The van der Waals surface area contributed by atoms with Gasteiger partial charge in [-0.2, -0.15) is 4.98 Å². The first kappa shape index (κ1) is 16.8. The summed E-state index contributed by atoms with van der Waals surface area (Å²) >= 11 is 1.54. The number of halogens is 1. The minimum absolute atomic E-state index is 0.194. The highest BCUT2D eigenvalue weighted by atomic mass is 32.1. The number of rotatable bonds is 5. The average molecular weight is 385 g/mol. The number of nitrogens with zero attached hydrogens (tertiary/aromatic N) is 5. The van der Waals surface area contributed by atoms with Gasteiger partial charge in [-0.3, -0.25) is 0 Å². The Bertz CT molecular complexity index is 930. The highest BCUT2D eigenvalue weighted by molar-refractivity contribution is 7.15. The van der Waals surface area contributed by atoms with Crippen LogP contribution in [0.25, 0.3) is 0 Å². The van der Waals surface area contributed by atoms with E-state index in [0.29, 0.717) is 23.8 Å². The topological polar surface area (TPSA) is 67.9 Å². The lowest BCUT2D eigenvalue weighted by Gasteiger charge is -2.29. The molecule has 3 aromatic rings. The van der Waals surface area contributed by atoms with Crippen molar-refractivity contribution in [2.75, 3.05) is 18.0 Å². The van der Waals surface area contributed by atoms with E-state index < -0.39 is 0 Å². The number of hydrogen-bond acceptors (Lipinski definition) is 7. The summed E-state index contributed by atoms with van der Waals surface area (Å²) in [6, 6.07) is 6.82. The van der Waals surface area contributed by atoms with Gasteiger partial charge in [0.25, 0.3) is 0 Å². The van der Waals surface area contributed by atoms with Crippen LogP contribution in [0, 0.1) is 5.82 Å². The third-order valence-electron chi connectivity index (χ3n) is 5.27. The molecule has 5 rings (SSSR count). The molecule has 3 heterocycles. The van der Waals surface area contributed by atoms with Crippen LogP contribution in [0.1, 0.15) is 59.8 Å². The van der Waals surface area contributed by atoms with Crippen LogP contribution in [0.2, 0.25) is 0 Å². The Hall–Kier alpha value is -2.35. The summed E-state index contributed by atoms with van der Waals surface area (Å²) in [5, 5.41) is 14.5. The van der Waals surface area contributed by atoms with E-state index in [4.69, 9.17) is 4.52 Å². The van der Waals surface area contributed by atoms with Gasteiger partial charge in [0.05, 0.1) is 0 Å². The zero-order valence-electron chi connectivity index (χ0n) is 14.8. The van der Waals surface area contributed by atoms with Gasteiger partial charge in [-0.1, -0.05) is 34.7 Å². The van der Waals surface area contributed by atoms with Crippen molar-refractivity contribution in [1.82, 2.24) is 20.3 Å². The average Bonchev–Trinajstić information content (AvgIpc) is 3.24. The van der Waals surface area contributed by atoms with Gasteiger partial charge in [-0.05, 0) is 37.3 Å². The third kappa shape index (κ3) is 3.58. The molecule has 0 unspecified atom stereocenters. The van der Waals surface area contributed by atoms with Gasteiger partial charge in [-0.15, -0.1) is 10.2 Å². The zero-order chi connectivity index (χ0) is 18.2. The number of anilines is 1. The number of piperidine rings is 1. The minimum Gasteiger partial charge on any atom is -0.347 e. The van der Waals surface area contributed by atoms with Crippen molar-refractivity contribution in [2.24, 2.45) is 0 Å². The summed E-state index contributed by atoms with van der Waals surface area (Å²) in [5.74, 6) is 2.33. The molecule has 0 spiro atoms. The predicted octanol–water partition coefficient (Wildman–Crippen LogP) is 3.91. The van der Waals surface area contributed by atoms with E-state index in [-0.39, 0.29) is 5.82 Å². The Morgan fingerprint density at radius 2 is 1.89 bits per heavy atom. The number of benzene rings is 1. The molecule has 27 heavy (non-hydrogen) atoms. The Morgan fingerprint density at radius 3 is 2.67 bits per heavy atom. The van der Waals surface area contributed by atoms with Gasteiger partial charge in [0.15, 0.2) is 5.82 Å². The molecule has 140 valence electrons. The van der Waals surface area contributed by atoms with Crippen molar-refractivity contribution in [3.8, 4) is 0 Å². The van der Waals surface area contributed by atoms with Crippen LogP contribution in [-0.2, 0) is 6.42 Å². The highest BCUT2D eigenvalue weighted by Crippen LogP contribution is 2.40. The molecule has 0 atom stereocenters. The lowest BCUT2D eigenvalue weighted by atomic mass is 9.96. The molecule has 0 amide bonds. The fourth-order valence-corrected chi connectivity index (χ4v) is 4.40. The molecule has 1 aliphatic carbocycles. The maximum absolute atomic E-state index is 13.8. The fourth-order valence-electron chi connectivity index (χ4n) is 3.49. The van der Waals surface area contributed by atoms with E-state index in [1.807, 2.05) is 6.07 Å². The molecule has 0 N–H and O–H groups in total. The second-order valence-electron chi connectivity index (χ2n) is 7.27.